The van der Waals surface area contributed by atoms with Crippen molar-refractivity contribution in [1.82, 2.24) is 20.3 Å². The van der Waals surface area contributed by atoms with Gasteiger partial charge in [-0.2, -0.15) is 0 Å². The first-order valence-corrected chi connectivity index (χ1v) is 8.86. The first-order chi connectivity index (χ1) is 14.8. The summed E-state index contributed by atoms with van der Waals surface area (Å²) in [6, 6.07) is 9.25. The summed E-state index contributed by atoms with van der Waals surface area (Å²) in [7, 11) is 0. The molecule has 2 aromatic heterocycles. The van der Waals surface area contributed by atoms with Gasteiger partial charge in [0.2, 0.25) is 11.3 Å². The Morgan fingerprint density at radius 1 is 0.774 bits per heavy atom. The predicted octanol–water partition coefficient (Wildman–Crippen LogP) is 3.93. The van der Waals surface area contributed by atoms with Crippen molar-refractivity contribution in [3.05, 3.63) is 67.8 Å². The number of nitrogens with zero attached hydrogens (tertiary/aromatic N) is 6. The maximum atomic E-state index is 11.5. The summed E-state index contributed by atoms with van der Waals surface area (Å²) in [6.45, 7) is 3.46. The molecule has 13 nitrogen and oxygen atoms in total. The molecule has 2 aromatic carbocycles. The Labute approximate surface area is 173 Å². The summed E-state index contributed by atoms with van der Waals surface area (Å²) >= 11 is 0. The van der Waals surface area contributed by atoms with Crippen LogP contribution in [0.1, 0.15) is 11.1 Å². The van der Waals surface area contributed by atoms with E-state index in [0.29, 0.717) is 11.1 Å². The zero-order valence-corrected chi connectivity index (χ0v) is 16.2. The summed E-state index contributed by atoms with van der Waals surface area (Å²) in [5, 5.41) is 35.9. The fourth-order valence-electron chi connectivity index (χ4n) is 2.86. The van der Waals surface area contributed by atoms with Gasteiger partial charge in [-0.25, -0.2) is 14.6 Å². The Balaban J connectivity index is 1.82. The van der Waals surface area contributed by atoms with Gasteiger partial charge in [-0.1, -0.05) is 12.1 Å². The Morgan fingerprint density at radius 2 is 1.19 bits per heavy atom. The number of hydrogen-bond acceptors (Lipinski definition) is 11. The summed E-state index contributed by atoms with van der Waals surface area (Å²) in [6.07, 6.45) is 0. The van der Waals surface area contributed by atoms with Gasteiger partial charge in [0.05, 0.1) is 9.85 Å². The van der Waals surface area contributed by atoms with E-state index in [4.69, 9.17) is 0 Å². The molecule has 13 heteroatoms. The largest absolute Gasteiger partial charge is 0.331 e. The van der Waals surface area contributed by atoms with Crippen LogP contribution in [0.5, 0.6) is 0 Å². The van der Waals surface area contributed by atoms with Crippen molar-refractivity contribution in [3.63, 3.8) is 0 Å². The van der Waals surface area contributed by atoms with Crippen molar-refractivity contribution in [2.45, 2.75) is 13.8 Å². The topological polar surface area (TPSA) is 175 Å². The van der Waals surface area contributed by atoms with Crippen LogP contribution in [0.25, 0.3) is 11.3 Å². The lowest BCUT2D eigenvalue weighted by atomic mass is 10.2. The standard InChI is InChI=1S/C18H14N8O5/c1-9-3-5-11(13(7-9)25(27)28)19-15-16(22-18-17(21-15)23-31-24-18)20-12-6-4-10(2)8-14(12)26(29)30/h3-8H,1-2H3,(H,19,21,23)(H,20,22,24). The number of nitrogens with one attached hydrogen (secondary N) is 2. The van der Waals surface area contributed by atoms with E-state index in [0.717, 1.165) is 0 Å². The van der Waals surface area contributed by atoms with Crippen LogP contribution in [0.15, 0.2) is 41.0 Å². The second kappa shape index (κ2) is 7.62. The molecule has 0 aliphatic rings. The van der Waals surface area contributed by atoms with Crippen LogP contribution >= 0.6 is 0 Å². The Kier molecular flexibility index (Phi) is 4.83. The molecule has 0 fully saturated rings. The van der Waals surface area contributed by atoms with Crippen LogP contribution < -0.4 is 10.6 Å². The van der Waals surface area contributed by atoms with E-state index in [1.807, 2.05) is 0 Å². The molecule has 31 heavy (non-hydrogen) atoms. The fraction of sp³-hybridized carbons (Fsp3) is 0.111. The van der Waals surface area contributed by atoms with E-state index < -0.39 is 9.85 Å². The molecule has 156 valence electrons. The van der Waals surface area contributed by atoms with Crippen molar-refractivity contribution in [2.75, 3.05) is 10.6 Å². The zero-order chi connectivity index (χ0) is 22.1. The molecule has 0 aliphatic carbocycles. The molecule has 4 rings (SSSR count). The lowest BCUT2D eigenvalue weighted by Gasteiger charge is -2.12. The number of hydrogen-bond donors (Lipinski definition) is 2. The van der Waals surface area contributed by atoms with E-state index in [1.165, 1.54) is 24.3 Å². The quantitative estimate of drug-likeness (QED) is 0.340. The van der Waals surface area contributed by atoms with Crippen molar-refractivity contribution < 1.29 is 14.5 Å². The number of anilines is 4. The average molecular weight is 422 g/mol. The van der Waals surface area contributed by atoms with Gasteiger partial charge >= 0.3 is 0 Å². The number of rotatable bonds is 6. The van der Waals surface area contributed by atoms with Gasteiger partial charge in [-0.05, 0) is 47.4 Å². The Morgan fingerprint density at radius 3 is 1.58 bits per heavy atom. The van der Waals surface area contributed by atoms with Gasteiger partial charge in [0.15, 0.2) is 11.6 Å². The summed E-state index contributed by atoms with van der Waals surface area (Å²) in [4.78, 5) is 30.4. The van der Waals surface area contributed by atoms with E-state index in [9.17, 15) is 20.2 Å². The molecule has 2 N–H and O–H groups in total. The Bertz CT molecular complexity index is 1240. The normalized spacial score (nSPS) is 10.8. The SMILES string of the molecule is Cc1ccc(Nc2nc3nonc3nc2Nc2ccc(C)cc2[N+](=O)[O-])c([N+](=O)[O-])c1. The molecule has 0 atom stereocenters. The van der Waals surface area contributed by atoms with Gasteiger partial charge in [0.25, 0.3) is 11.4 Å². The number of benzene rings is 2. The first-order valence-electron chi connectivity index (χ1n) is 8.86. The molecular weight excluding hydrogens is 408 g/mol. The van der Waals surface area contributed by atoms with Gasteiger partial charge in [-0.15, -0.1) is 0 Å². The monoisotopic (exact) mass is 422 g/mol. The van der Waals surface area contributed by atoms with E-state index in [-0.39, 0.29) is 45.7 Å². The molecule has 4 aromatic rings. The van der Waals surface area contributed by atoms with E-state index in [2.05, 4.69) is 35.5 Å². The highest BCUT2D eigenvalue weighted by molar-refractivity contribution is 5.82. The predicted molar refractivity (Wildman–Crippen MR) is 110 cm³/mol. The van der Waals surface area contributed by atoms with Gasteiger partial charge < -0.3 is 10.6 Å². The van der Waals surface area contributed by atoms with Crippen molar-refractivity contribution >= 4 is 45.7 Å². The number of aryl methyl sites for hydroxylation is 2. The molecule has 0 spiro atoms. The number of fused-ring (bicyclic) bond motifs is 1. The minimum Gasteiger partial charge on any atom is -0.331 e. The van der Waals surface area contributed by atoms with Crippen LogP contribution in [-0.4, -0.2) is 30.1 Å². The summed E-state index contributed by atoms with van der Waals surface area (Å²) in [5.74, 6) is 0.0926. The van der Waals surface area contributed by atoms with Crippen LogP contribution in [0.3, 0.4) is 0 Å². The highest BCUT2D eigenvalue weighted by Gasteiger charge is 2.21. The van der Waals surface area contributed by atoms with Crippen LogP contribution in [0, 0.1) is 34.1 Å². The van der Waals surface area contributed by atoms with Gasteiger partial charge in [-0.3, -0.25) is 20.2 Å². The molecule has 0 unspecified atom stereocenters. The molecule has 0 amide bonds. The molecule has 0 saturated carbocycles. The first kappa shape index (κ1) is 19.6. The zero-order valence-electron chi connectivity index (χ0n) is 16.2. The van der Waals surface area contributed by atoms with E-state index >= 15 is 0 Å². The minimum absolute atomic E-state index is 0.0463. The molecule has 0 saturated heterocycles. The number of nitro groups is 2. The van der Waals surface area contributed by atoms with Gasteiger partial charge in [0, 0.05) is 12.1 Å². The fourth-order valence-corrected chi connectivity index (χ4v) is 2.86. The van der Waals surface area contributed by atoms with Gasteiger partial charge in [0.1, 0.15) is 11.4 Å². The third kappa shape index (κ3) is 3.91. The maximum Gasteiger partial charge on any atom is 0.292 e. The molecule has 0 aliphatic heterocycles. The molecular formula is C18H14N8O5. The van der Waals surface area contributed by atoms with Crippen molar-refractivity contribution in [1.29, 1.82) is 0 Å². The molecule has 0 radical (unpaired) electrons. The Hall–Kier alpha value is -4.68. The average Bonchev–Trinajstić information content (AvgIpc) is 3.17. The summed E-state index contributed by atoms with van der Waals surface area (Å²) < 4.78 is 4.63. The number of nitro benzene ring substituents is 2. The second-order valence-electron chi connectivity index (χ2n) is 6.64. The smallest absolute Gasteiger partial charge is 0.292 e. The second-order valence-corrected chi connectivity index (χ2v) is 6.64. The molecule has 0 bridgehead atoms. The lowest BCUT2D eigenvalue weighted by molar-refractivity contribution is -0.384. The van der Waals surface area contributed by atoms with Crippen molar-refractivity contribution in [2.24, 2.45) is 0 Å². The highest BCUT2D eigenvalue weighted by Crippen LogP contribution is 2.34. The minimum atomic E-state index is -0.531. The third-order valence-corrected chi connectivity index (χ3v) is 4.32. The van der Waals surface area contributed by atoms with Crippen LogP contribution in [0.2, 0.25) is 0 Å². The summed E-state index contributed by atoms with van der Waals surface area (Å²) in [5.41, 5.74) is 1.48. The maximum absolute atomic E-state index is 11.5. The van der Waals surface area contributed by atoms with E-state index in [1.54, 1.807) is 26.0 Å². The number of aromatic nitrogens is 4. The lowest BCUT2D eigenvalue weighted by Crippen LogP contribution is -2.06. The van der Waals surface area contributed by atoms with Crippen LogP contribution in [0.4, 0.5) is 34.4 Å². The van der Waals surface area contributed by atoms with Crippen LogP contribution in [-0.2, 0) is 0 Å². The highest BCUT2D eigenvalue weighted by atomic mass is 16.6. The molecule has 2 heterocycles. The van der Waals surface area contributed by atoms with Crippen molar-refractivity contribution in [3.8, 4) is 0 Å². The third-order valence-electron chi connectivity index (χ3n) is 4.32.